The standard InChI is InChI=1S/2C19H18N4SSe2/c2*25-18-20-13-7-8-14-21-17(20)24(22(18)15-9-3-1-4-10-15)23(19(21)26)16-11-5-2-6-12-16/h2*1-6,9-12H,7-8,13-14H2. The van der Waals surface area contributed by atoms with Gasteiger partial charge >= 0.3 is 346 Å². The molecule has 2 saturated heterocycles. The Hall–Kier alpha value is -2.72. The number of anilines is 4. The molecule has 10 rings (SSSR count). The van der Waals surface area contributed by atoms with Crippen molar-refractivity contribution in [3.05, 3.63) is 121 Å². The fourth-order valence-corrected chi connectivity index (χ4v) is 16.6. The van der Waals surface area contributed by atoms with E-state index in [9.17, 15) is 0 Å². The van der Waals surface area contributed by atoms with Crippen LogP contribution in [0.2, 0.25) is 0 Å². The second kappa shape index (κ2) is 14.8. The maximum atomic E-state index is 3.37. The topological polar surface area (TPSA) is 25.9 Å². The summed E-state index contributed by atoms with van der Waals surface area (Å²) in [7, 11) is -0.454. The van der Waals surface area contributed by atoms with Crippen molar-refractivity contribution in [3.8, 4) is 0 Å². The summed E-state index contributed by atoms with van der Waals surface area (Å²) >= 11 is 13.5. The van der Waals surface area contributed by atoms with E-state index in [1.165, 1.54) is 77.3 Å². The average Bonchev–Trinajstić information content (AvgIpc) is 3.65. The van der Waals surface area contributed by atoms with Gasteiger partial charge in [-0.25, -0.2) is 0 Å². The summed E-state index contributed by atoms with van der Waals surface area (Å²) in [6.45, 7) is 4.27. The molecule has 14 heteroatoms. The molecule has 0 atom stereocenters. The predicted molar refractivity (Wildman–Crippen MR) is 229 cm³/mol. The van der Waals surface area contributed by atoms with Gasteiger partial charge in [0.25, 0.3) is 0 Å². The number of hydrogen-bond acceptors (Lipinski definition) is 8. The van der Waals surface area contributed by atoms with Crippen LogP contribution in [0.1, 0.15) is 25.7 Å². The van der Waals surface area contributed by atoms with Crippen LogP contribution >= 0.6 is 21.7 Å². The number of para-hydroxylation sites is 4. The third kappa shape index (κ3) is 5.88. The first-order valence-corrected chi connectivity index (χ1v) is 23.1. The van der Waals surface area contributed by atoms with Gasteiger partial charge in [0.2, 0.25) is 0 Å². The molecule has 6 heterocycles. The van der Waals surface area contributed by atoms with Gasteiger partial charge in [0, 0.05) is 0 Å². The molecule has 0 bridgehead atoms. The first-order valence-electron chi connectivity index (χ1n) is 17.4. The van der Waals surface area contributed by atoms with Crippen LogP contribution in [0.25, 0.3) is 0 Å². The molecule has 0 aliphatic carbocycles. The zero-order valence-corrected chi connectivity index (χ0v) is 36.7. The number of hydrogen-bond donors (Lipinski definition) is 0. The predicted octanol–water partition coefficient (Wildman–Crippen LogP) is 4.25. The molecule has 6 aliphatic rings. The molecule has 4 aromatic rings. The van der Waals surface area contributed by atoms with Crippen LogP contribution in [0, 0.1) is 0 Å². The van der Waals surface area contributed by atoms with Gasteiger partial charge < -0.3 is 0 Å². The Kier molecular flexibility index (Phi) is 9.99. The van der Waals surface area contributed by atoms with E-state index >= 15 is 0 Å². The van der Waals surface area contributed by atoms with Crippen molar-refractivity contribution >= 4 is 136 Å². The molecule has 8 nitrogen and oxygen atoms in total. The summed E-state index contributed by atoms with van der Waals surface area (Å²) in [6.07, 6.45) is 4.85. The zero-order valence-electron chi connectivity index (χ0n) is 28.2. The molecule has 0 aromatic heterocycles. The van der Waals surface area contributed by atoms with E-state index in [1.54, 1.807) is 0 Å². The van der Waals surface area contributed by atoms with E-state index in [1.807, 2.05) is 0 Å². The van der Waals surface area contributed by atoms with Gasteiger partial charge in [-0.3, -0.25) is 0 Å². The van der Waals surface area contributed by atoms with E-state index in [0.717, 1.165) is 26.2 Å². The van der Waals surface area contributed by atoms with Gasteiger partial charge in [0.15, 0.2) is 0 Å². The molecular weight excluding hydrogens is 948 g/mol. The van der Waals surface area contributed by atoms with Crippen molar-refractivity contribution in [2.24, 2.45) is 0 Å². The van der Waals surface area contributed by atoms with Gasteiger partial charge in [-0.1, -0.05) is 0 Å². The molecule has 6 aliphatic heterocycles. The summed E-state index contributed by atoms with van der Waals surface area (Å²) in [5.41, 5.74) is 4.89. The van der Waals surface area contributed by atoms with E-state index in [-0.39, 0.29) is 21.7 Å². The van der Waals surface area contributed by atoms with Crippen LogP contribution in [0.3, 0.4) is 0 Å². The molecule has 0 spiro atoms. The molecule has 0 saturated carbocycles. The van der Waals surface area contributed by atoms with Crippen LogP contribution in [0.15, 0.2) is 121 Å². The van der Waals surface area contributed by atoms with Crippen LogP contribution in [0.4, 0.5) is 22.7 Å². The summed E-state index contributed by atoms with van der Waals surface area (Å²) in [4.78, 5) is 9.90. The Morgan fingerprint density at radius 2 is 0.538 bits per heavy atom. The Labute approximate surface area is 342 Å². The Bertz CT molecular complexity index is 1840. The van der Waals surface area contributed by atoms with Crippen molar-refractivity contribution in [1.82, 2.24) is 19.6 Å². The van der Waals surface area contributed by atoms with Crippen LogP contribution in [-0.4, -0.2) is 137 Å². The van der Waals surface area contributed by atoms with E-state index in [4.69, 9.17) is 0 Å². The molecule has 0 amide bonds. The molecule has 0 radical (unpaired) electrons. The summed E-state index contributed by atoms with van der Waals surface area (Å²) in [5.74, 6) is 0. The molecular formula is C38H36N8S2Se4. The average molecular weight is 985 g/mol. The molecule has 4 aromatic carbocycles. The number of nitrogens with zero attached hydrogens (tertiary/aromatic N) is 8. The van der Waals surface area contributed by atoms with Crippen LogP contribution < -0.4 is 17.2 Å². The monoisotopic (exact) mass is 988 g/mol. The van der Waals surface area contributed by atoms with Crippen LogP contribution in [-0.2, 0) is 0 Å². The number of rotatable bonds is 4. The summed E-state index contributed by atoms with van der Waals surface area (Å²) in [5, 5.41) is 2.77. The molecule has 0 N–H and O–H groups in total. The minimum atomic E-state index is -0.227. The Morgan fingerprint density at radius 1 is 0.327 bits per heavy atom. The summed E-state index contributed by atoms with van der Waals surface area (Å²) < 4.78 is 14.6. The van der Waals surface area contributed by atoms with Gasteiger partial charge in [-0.2, -0.15) is 0 Å². The molecule has 2 fully saturated rings. The Balaban J connectivity index is 0.000000138. The third-order valence-corrected chi connectivity index (χ3v) is 18.4. The third-order valence-electron chi connectivity index (χ3n) is 9.55. The van der Waals surface area contributed by atoms with Gasteiger partial charge in [-0.05, 0) is 0 Å². The minimum absolute atomic E-state index is 0.227. The quantitative estimate of drug-likeness (QED) is 0.222. The van der Waals surface area contributed by atoms with Gasteiger partial charge in [0.1, 0.15) is 0 Å². The van der Waals surface area contributed by atoms with Gasteiger partial charge in [0.05, 0.1) is 0 Å². The molecule has 0 unspecified atom stereocenters. The van der Waals surface area contributed by atoms with Crippen LogP contribution in [0.5, 0.6) is 0 Å². The van der Waals surface area contributed by atoms with Crippen molar-refractivity contribution in [1.29, 1.82) is 0 Å². The van der Waals surface area contributed by atoms with E-state index in [2.05, 4.69) is 220 Å². The van der Waals surface area contributed by atoms with E-state index < -0.39 is 0 Å². The summed E-state index contributed by atoms with van der Waals surface area (Å²) in [6, 6.07) is 42.8. The maximum absolute atomic E-state index is 3.37. The Morgan fingerprint density at radius 3 is 0.750 bits per heavy atom. The van der Waals surface area contributed by atoms with E-state index in [0.29, 0.717) is 0 Å². The van der Waals surface area contributed by atoms with Crippen molar-refractivity contribution in [3.63, 3.8) is 0 Å². The second-order valence-electron chi connectivity index (χ2n) is 12.8. The first kappa shape index (κ1) is 35.0. The second-order valence-corrected chi connectivity index (χ2v) is 19.1. The molecule has 52 heavy (non-hydrogen) atoms. The number of benzene rings is 4. The first-order chi connectivity index (χ1) is 25.5. The zero-order chi connectivity index (χ0) is 35.3. The van der Waals surface area contributed by atoms with Gasteiger partial charge in [-0.15, -0.1) is 0 Å². The SMILES string of the molecule is [Se]=C1N2CCCCN3C(=[Se])N(c4ccccc4)S(=C23)N1c1ccccc1.[Se]=C1N2CCCCN3C(=[Se])N(c4ccccc4)S(=C23)N1c1ccccc1. The van der Waals surface area contributed by atoms with Crippen molar-refractivity contribution in [2.45, 2.75) is 25.7 Å². The fraction of sp³-hybridized carbons (Fsp3) is 0.211. The van der Waals surface area contributed by atoms with Crippen molar-refractivity contribution in [2.75, 3.05) is 43.4 Å². The van der Waals surface area contributed by atoms with Crippen molar-refractivity contribution < 1.29 is 0 Å². The normalized spacial score (nSPS) is 20.1. The molecule has 264 valence electrons. The fourth-order valence-electron chi connectivity index (χ4n) is 7.18.